The first kappa shape index (κ1) is 14.6. The minimum Gasteiger partial charge on any atom is -0.354 e. The number of nitrogens with two attached hydrogens (primary N) is 1. The van der Waals surface area contributed by atoms with Crippen molar-refractivity contribution in [2.45, 2.75) is 31.7 Å². The maximum atomic E-state index is 11.7. The summed E-state index contributed by atoms with van der Waals surface area (Å²) in [5.74, 6) is -0.373. The monoisotopic (exact) mass is 271 g/mol. The van der Waals surface area contributed by atoms with Crippen LogP contribution in [0.15, 0.2) is 11.1 Å². The van der Waals surface area contributed by atoms with Crippen molar-refractivity contribution in [1.82, 2.24) is 10.3 Å². The maximum Gasteiger partial charge on any atom is 0.269 e. The molecule has 0 atom stereocenters. The van der Waals surface area contributed by atoms with E-state index >= 15 is 0 Å². The summed E-state index contributed by atoms with van der Waals surface area (Å²) in [6.45, 7) is 5.41. The first-order valence-electron chi connectivity index (χ1n) is 5.45. The number of hydrogen-bond acceptors (Lipinski definition) is 4. The minimum atomic E-state index is -3.93. The zero-order valence-corrected chi connectivity index (χ0v) is 11.6. The lowest BCUT2D eigenvalue weighted by Gasteiger charge is -2.14. The van der Waals surface area contributed by atoms with Crippen LogP contribution in [0.3, 0.4) is 0 Å². The Balaban J connectivity index is 3.61. The summed E-state index contributed by atoms with van der Waals surface area (Å²) in [6, 6.07) is 1.64. The molecule has 3 N–H and O–H groups in total. The highest BCUT2D eigenvalue weighted by Gasteiger charge is 2.21. The normalized spacial score (nSPS) is 11.7. The van der Waals surface area contributed by atoms with Gasteiger partial charge in [0.05, 0.1) is 0 Å². The standard InChI is InChI=1S/C11H17N3O3S/c1-6(2)8-5-7(3)11(18(12,16)17)14-9(8)10(15)13-4/h5-6H,1-4H3,(H,13,15)(H2,12,16,17). The lowest BCUT2D eigenvalue weighted by Crippen LogP contribution is -2.25. The zero-order valence-electron chi connectivity index (χ0n) is 10.8. The molecule has 0 saturated heterocycles. The van der Waals surface area contributed by atoms with Gasteiger partial charge in [-0.05, 0) is 24.0 Å². The molecule has 1 aromatic rings. The van der Waals surface area contributed by atoms with Crippen molar-refractivity contribution < 1.29 is 13.2 Å². The van der Waals surface area contributed by atoms with E-state index in [4.69, 9.17) is 5.14 Å². The fourth-order valence-electron chi connectivity index (χ4n) is 1.65. The molecule has 6 nitrogen and oxygen atoms in total. The molecule has 18 heavy (non-hydrogen) atoms. The Morgan fingerprint density at radius 2 is 2.00 bits per heavy atom. The van der Waals surface area contributed by atoms with Crippen molar-refractivity contribution in [1.29, 1.82) is 0 Å². The summed E-state index contributed by atoms with van der Waals surface area (Å²) in [5, 5.41) is 7.25. The third kappa shape index (κ3) is 2.85. The number of aromatic nitrogens is 1. The summed E-state index contributed by atoms with van der Waals surface area (Å²) in [5.41, 5.74) is 1.23. The molecule has 0 bridgehead atoms. The number of nitrogens with one attached hydrogen (secondary N) is 1. The highest BCUT2D eigenvalue weighted by atomic mass is 32.2. The van der Waals surface area contributed by atoms with Crippen LogP contribution in [-0.4, -0.2) is 26.4 Å². The average Bonchev–Trinajstić information content (AvgIpc) is 2.25. The number of amides is 1. The van der Waals surface area contributed by atoms with Crippen LogP contribution >= 0.6 is 0 Å². The van der Waals surface area contributed by atoms with E-state index in [-0.39, 0.29) is 16.6 Å². The van der Waals surface area contributed by atoms with Crippen LogP contribution < -0.4 is 10.5 Å². The van der Waals surface area contributed by atoms with Crippen LogP contribution in [-0.2, 0) is 10.0 Å². The van der Waals surface area contributed by atoms with E-state index in [1.54, 1.807) is 13.0 Å². The van der Waals surface area contributed by atoms with Gasteiger partial charge in [-0.25, -0.2) is 18.5 Å². The van der Waals surface area contributed by atoms with E-state index in [2.05, 4.69) is 10.3 Å². The van der Waals surface area contributed by atoms with Gasteiger partial charge in [-0.1, -0.05) is 19.9 Å². The van der Waals surface area contributed by atoms with Gasteiger partial charge in [0.2, 0.25) is 0 Å². The van der Waals surface area contributed by atoms with E-state index < -0.39 is 15.9 Å². The summed E-state index contributed by atoms with van der Waals surface area (Å²) >= 11 is 0. The van der Waals surface area contributed by atoms with Crippen LogP contribution in [0.4, 0.5) is 0 Å². The molecular formula is C11H17N3O3S. The molecule has 0 unspecified atom stereocenters. The molecule has 1 aromatic heterocycles. The van der Waals surface area contributed by atoms with E-state index in [0.29, 0.717) is 11.1 Å². The summed E-state index contributed by atoms with van der Waals surface area (Å²) < 4.78 is 22.8. The number of aryl methyl sites for hydroxylation is 1. The van der Waals surface area contributed by atoms with Crippen molar-refractivity contribution in [3.05, 3.63) is 22.9 Å². The van der Waals surface area contributed by atoms with Gasteiger partial charge in [0, 0.05) is 7.05 Å². The molecule has 0 aliphatic rings. The maximum absolute atomic E-state index is 11.7. The van der Waals surface area contributed by atoms with Crippen molar-refractivity contribution in [3.8, 4) is 0 Å². The molecule has 0 spiro atoms. The molecule has 0 aliphatic heterocycles. The highest BCUT2D eigenvalue weighted by molar-refractivity contribution is 7.89. The second-order valence-electron chi connectivity index (χ2n) is 4.33. The SMILES string of the molecule is CNC(=O)c1nc(S(N)(=O)=O)c(C)cc1C(C)C. The number of hydrogen-bond donors (Lipinski definition) is 2. The van der Waals surface area contributed by atoms with Crippen LogP contribution in [0, 0.1) is 6.92 Å². The van der Waals surface area contributed by atoms with E-state index in [0.717, 1.165) is 0 Å². The van der Waals surface area contributed by atoms with Crippen LogP contribution in [0.25, 0.3) is 0 Å². The quantitative estimate of drug-likeness (QED) is 0.836. The number of primary sulfonamides is 1. The largest absolute Gasteiger partial charge is 0.354 e. The van der Waals surface area contributed by atoms with E-state index in [9.17, 15) is 13.2 Å². The Hall–Kier alpha value is -1.47. The number of sulfonamides is 1. The van der Waals surface area contributed by atoms with Crippen molar-refractivity contribution in [2.24, 2.45) is 5.14 Å². The Bertz CT molecular complexity index is 579. The molecule has 0 aromatic carbocycles. The first-order valence-corrected chi connectivity index (χ1v) is 6.99. The van der Waals surface area contributed by atoms with Crippen LogP contribution in [0.5, 0.6) is 0 Å². The zero-order chi connectivity index (χ0) is 14.1. The molecule has 0 aliphatic carbocycles. The van der Waals surface area contributed by atoms with Gasteiger partial charge in [-0.15, -0.1) is 0 Å². The molecule has 7 heteroatoms. The number of carbonyl (C=O) groups excluding carboxylic acids is 1. The molecule has 0 radical (unpaired) electrons. The van der Waals surface area contributed by atoms with Gasteiger partial charge >= 0.3 is 0 Å². The highest BCUT2D eigenvalue weighted by Crippen LogP contribution is 2.22. The van der Waals surface area contributed by atoms with Gasteiger partial charge in [0.1, 0.15) is 5.69 Å². The number of nitrogens with zero attached hydrogens (tertiary/aromatic N) is 1. The Kier molecular flexibility index (Phi) is 4.08. The predicted molar refractivity (Wildman–Crippen MR) is 67.8 cm³/mol. The topological polar surface area (TPSA) is 102 Å². The minimum absolute atomic E-state index is 0.0537. The van der Waals surface area contributed by atoms with Crippen molar-refractivity contribution in [2.75, 3.05) is 7.05 Å². The lowest BCUT2D eigenvalue weighted by atomic mass is 9.99. The second-order valence-corrected chi connectivity index (χ2v) is 5.80. The lowest BCUT2D eigenvalue weighted by molar-refractivity contribution is 0.0956. The van der Waals surface area contributed by atoms with E-state index in [1.807, 2.05) is 13.8 Å². The van der Waals surface area contributed by atoms with Gasteiger partial charge in [0.15, 0.2) is 5.03 Å². The third-order valence-electron chi connectivity index (χ3n) is 2.53. The fraction of sp³-hybridized carbons (Fsp3) is 0.455. The van der Waals surface area contributed by atoms with E-state index in [1.165, 1.54) is 7.05 Å². The first-order chi connectivity index (χ1) is 8.18. The molecule has 1 rings (SSSR count). The molecule has 1 amide bonds. The third-order valence-corrected chi connectivity index (χ3v) is 3.48. The van der Waals surface area contributed by atoms with Gasteiger partial charge in [0.25, 0.3) is 15.9 Å². The van der Waals surface area contributed by atoms with Crippen molar-refractivity contribution in [3.63, 3.8) is 0 Å². The Morgan fingerprint density at radius 3 is 2.39 bits per heavy atom. The number of carbonyl (C=O) groups is 1. The van der Waals surface area contributed by atoms with Gasteiger partial charge < -0.3 is 5.32 Å². The second kappa shape index (κ2) is 5.03. The summed E-state index contributed by atoms with van der Waals surface area (Å²) in [7, 11) is -2.47. The molecular weight excluding hydrogens is 254 g/mol. The predicted octanol–water partition coefficient (Wildman–Crippen LogP) is 0.520. The van der Waals surface area contributed by atoms with Gasteiger partial charge in [-0.3, -0.25) is 4.79 Å². The Morgan fingerprint density at radius 1 is 1.44 bits per heavy atom. The average molecular weight is 271 g/mol. The smallest absolute Gasteiger partial charge is 0.269 e. The van der Waals surface area contributed by atoms with Crippen LogP contribution in [0.1, 0.15) is 41.4 Å². The molecule has 100 valence electrons. The molecule has 0 fully saturated rings. The van der Waals surface area contributed by atoms with Gasteiger partial charge in [-0.2, -0.15) is 0 Å². The summed E-state index contributed by atoms with van der Waals surface area (Å²) in [6.07, 6.45) is 0. The van der Waals surface area contributed by atoms with Crippen LogP contribution in [0.2, 0.25) is 0 Å². The fourth-order valence-corrected chi connectivity index (χ4v) is 2.37. The number of pyridine rings is 1. The summed E-state index contributed by atoms with van der Waals surface area (Å²) in [4.78, 5) is 15.6. The molecule has 0 saturated carbocycles. The number of rotatable bonds is 3. The molecule has 1 heterocycles. The van der Waals surface area contributed by atoms with Crippen molar-refractivity contribution >= 4 is 15.9 Å². The Labute approximate surface area is 107 Å².